The zero-order valence-corrected chi connectivity index (χ0v) is 16.8. The van der Waals surface area contributed by atoms with Crippen LogP contribution in [-0.2, 0) is 14.4 Å². The lowest BCUT2D eigenvalue weighted by Crippen LogP contribution is -2.48. The first-order valence-electron chi connectivity index (χ1n) is 10.3. The van der Waals surface area contributed by atoms with Crippen molar-refractivity contribution in [1.29, 1.82) is 0 Å². The molecule has 1 saturated heterocycles. The first-order chi connectivity index (χ1) is 14.7. The topological polar surface area (TPSA) is 83.0 Å². The highest BCUT2D eigenvalue weighted by molar-refractivity contribution is 6.04. The van der Waals surface area contributed by atoms with Crippen molar-refractivity contribution >= 4 is 23.2 Å². The number of hydrogen-bond acceptors (Lipinski definition) is 5. The molecule has 0 aliphatic carbocycles. The molecule has 0 aromatic heterocycles. The Bertz CT molecular complexity index is 893. The summed E-state index contributed by atoms with van der Waals surface area (Å²) in [6.45, 7) is 1.89. The molecule has 0 spiro atoms. The van der Waals surface area contributed by atoms with Crippen LogP contribution >= 0.6 is 0 Å². The third kappa shape index (κ3) is 5.24. The van der Waals surface area contributed by atoms with E-state index in [0.29, 0.717) is 13.0 Å². The smallest absolute Gasteiger partial charge is 0.264 e. The molecule has 2 N–H and O–H groups in total. The van der Waals surface area contributed by atoms with Crippen LogP contribution in [-0.4, -0.2) is 54.2 Å². The molecule has 2 heterocycles. The van der Waals surface area contributed by atoms with Crippen molar-refractivity contribution in [3.05, 3.63) is 66.2 Å². The number of carbonyl (C=O) groups excluding carboxylic acids is 2. The first-order valence-corrected chi connectivity index (χ1v) is 10.3. The molecule has 2 aromatic rings. The summed E-state index contributed by atoms with van der Waals surface area (Å²) in [4.78, 5) is 32.3. The normalized spacial score (nSPS) is 19.6. The second-order valence-electron chi connectivity index (χ2n) is 7.68. The Hall–Kier alpha value is -3.19. The molecular formula is C23H26N4O3. The number of likely N-dealkylation sites (tertiary alicyclic amines) is 1. The number of nitrogens with one attached hydrogen (secondary N) is 2. The van der Waals surface area contributed by atoms with Crippen molar-refractivity contribution in [2.75, 3.05) is 25.0 Å². The van der Waals surface area contributed by atoms with E-state index in [1.165, 1.54) is 0 Å². The number of amides is 2. The van der Waals surface area contributed by atoms with Gasteiger partial charge in [0.1, 0.15) is 0 Å². The van der Waals surface area contributed by atoms with Crippen LogP contribution in [0.25, 0.3) is 0 Å². The molecule has 4 rings (SSSR count). The van der Waals surface area contributed by atoms with Gasteiger partial charge >= 0.3 is 0 Å². The van der Waals surface area contributed by atoms with Crippen LogP contribution in [0.4, 0.5) is 5.69 Å². The molecule has 30 heavy (non-hydrogen) atoms. The summed E-state index contributed by atoms with van der Waals surface area (Å²) in [5, 5.41) is 10.1. The summed E-state index contributed by atoms with van der Waals surface area (Å²) < 4.78 is 0. The van der Waals surface area contributed by atoms with Crippen LogP contribution in [0.2, 0.25) is 0 Å². The Morgan fingerprint density at radius 3 is 2.37 bits per heavy atom. The molecule has 0 radical (unpaired) electrons. The summed E-state index contributed by atoms with van der Waals surface area (Å²) in [6, 6.07) is 19.3. The van der Waals surface area contributed by atoms with Gasteiger partial charge in [0, 0.05) is 31.2 Å². The molecule has 2 aliphatic rings. The monoisotopic (exact) mass is 406 g/mol. The van der Waals surface area contributed by atoms with E-state index in [2.05, 4.69) is 20.7 Å². The molecule has 1 unspecified atom stereocenters. The second kappa shape index (κ2) is 9.54. The quantitative estimate of drug-likeness (QED) is 0.772. The van der Waals surface area contributed by atoms with Crippen LogP contribution in [0.5, 0.6) is 0 Å². The summed E-state index contributed by atoms with van der Waals surface area (Å²) in [6.07, 6.45) is 1.52. The van der Waals surface area contributed by atoms with Gasteiger partial charge in [0.25, 0.3) is 5.91 Å². The van der Waals surface area contributed by atoms with Gasteiger partial charge in [0.15, 0.2) is 0 Å². The van der Waals surface area contributed by atoms with Gasteiger partial charge in [-0.05, 0) is 30.5 Å². The number of hydrogen-bond donors (Lipinski definition) is 2. The van der Waals surface area contributed by atoms with E-state index in [1.54, 1.807) is 0 Å². The maximum absolute atomic E-state index is 12.6. The number of benzene rings is 2. The molecule has 2 aliphatic heterocycles. The van der Waals surface area contributed by atoms with Crippen LogP contribution in [0.1, 0.15) is 24.8 Å². The van der Waals surface area contributed by atoms with Gasteiger partial charge in [0.05, 0.1) is 12.3 Å². The molecule has 7 nitrogen and oxygen atoms in total. The third-order valence-electron chi connectivity index (χ3n) is 5.43. The van der Waals surface area contributed by atoms with Crippen LogP contribution < -0.4 is 10.6 Å². The lowest BCUT2D eigenvalue weighted by molar-refractivity contribution is -0.132. The zero-order valence-electron chi connectivity index (χ0n) is 16.8. The Kier molecular flexibility index (Phi) is 6.39. The summed E-state index contributed by atoms with van der Waals surface area (Å²) in [5.41, 5.74) is 2.59. The van der Waals surface area contributed by atoms with Crippen LogP contribution in [0.15, 0.2) is 65.8 Å². The average Bonchev–Trinajstić information content (AvgIpc) is 3.27. The maximum Gasteiger partial charge on any atom is 0.264 e. The van der Waals surface area contributed by atoms with Gasteiger partial charge in [-0.15, -0.1) is 0 Å². The van der Waals surface area contributed by atoms with E-state index in [9.17, 15) is 9.59 Å². The molecular weight excluding hydrogens is 380 g/mol. The fraction of sp³-hybridized carbons (Fsp3) is 0.348. The minimum absolute atomic E-state index is 0.0198. The summed E-state index contributed by atoms with van der Waals surface area (Å²) in [5.74, 6) is -0.140. The lowest BCUT2D eigenvalue weighted by Gasteiger charge is -2.32. The number of rotatable bonds is 6. The van der Waals surface area contributed by atoms with Crippen molar-refractivity contribution in [3.8, 4) is 0 Å². The third-order valence-corrected chi connectivity index (χ3v) is 5.43. The fourth-order valence-corrected chi connectivity index (χ4v) is 3.77. The highest BCUT2D eigenvalue weighted by Crippen LogP contribution is 2.18. The number of carbonyl (C=O) groups is 2. The number of anilines is 1. The van der Waals surface area contributed by atoms with Crippen molar-refractivity contribution in [2.45, 2.75) is 31.4 Å². The molecule has 0 saturated carbocycles. The van der Waals surface area contributed by atoms with E-state index < -0.39 is 6.10 Å². The van der Waals surface area contributed by atoms with Crippen molar-refractivity contribution in [3.63, 3.8) is 0 Å². The van der Waals surface area contributed by atoms with Gasteiger partial charge in [-0.25, -0.2) is 0 Å². The van der Waals surface area contributed by atoms with Crippen LogP contribution in [0.3, 0.4) is 0 Å². The second-order valence-corrected chi connectivity index (χ2v) is 7.68. The minimum atomic E-state index is -0.574. The Morgan fingerprint density at radius 1 is 1.00 bits per heavy atom. The zero-order chi connectivity index (χ0) is 20.8. The molecule has 0 bridgehead atoms. The molecule has 2 aromatic carbocycles. The maximum atomic E-state index is 12.6. The van der Waals surface area contributed by atoms with E-state index in [0.717, 1.165) is 42.9 Å². The van der Waals surface area contributed by atoms with Crippen LogP contribution in [0, 0.1) is 0 Å². The Morgan fingerprint density at radius 2 is 1.67 bits per heavy atom. The van der Waals surface area contributed by atoms with Gasteiger partial charge in [-0.2, -0.15) is 0 Å². The van der Waals surface area contributed by atoms with E-state index in [-0.39, 0.29) is 17.9 Å². The Labute approximate surface area is 176 Å². The predicted molar refractivity (Wildman–Crippen MR) is 115 cm³/mol. The Balaban J connectivity index is 1.18. The number of piperidine rings is 1. The number of para-hydroxylation sites is 1. The summed E-state index contributed by atoms with van der Waals surface area (Å²) in [7, 11) is 0. The standard InChI is InChI=1S/C23H26N4O3/c28-22(24-18-9-5-2-6-10-18)16-27-13-11-19(12-14-27)25-23(29)21-15-20(26-30-21)17-7-3-1-4-8-17/h1-10,19,21H,11-16H2,(H,24,28)(H,25,29). The van der Waals surface area contributed by atoms with E-state index in [1.807, 2.05) is 60.7 Å². The highest BCUT2D eigenvalue weighted by atomic mass is 16.6. The van der Waals surface area contributed by atoms with E-state index in [4.69, 9.17) is 4.84 Å². The highest BCUT2D eigenvalue weighted by Gasteiger charge is 2.31. The van der Waals surface area contributed by atoms with Gasteiger partial charge in [-0.3, -0.25) is 14.5 Å². The molecule has 156 valence electrons. The van der Waals surface area contributed by atoms with Gasteiger partial charge in [0.2, 0.25) is 12.0 Å². The SMILES string of the molecule is O=C(CN1CCC(NC(=O)C2CC(c3ccccc3)=NO2)CC1)Nc1ccccc1. The fourth-order valence-electron chi connectivity index (χ4n) is 3.77. The van der Waals surface area contributed by atoms with Crippen molar-refractivity contribution in [2.24, 2.45) is 5.16 Å². The molecule has 1 atom stereocenters. The molecule has 1 fully saturated rings. The first kappa shape index (κ1) is 20.1. The van der Waals surface area contributed by atoms with Gasteiger partial charge in [-0.1, -0.05) is 53.7 Å². The van der Waals surface area contributed by atoms with Crippen molar-refractivity contribution < 1.29 is 14.4 Å². The molecule has 2 amide bonds. The lowest BCUT2D eigenvalue weighted by atomic mass is 10.0. The van der Waals surface area contributed by atoms with Crippen molar-refractivity contribution in [1.82, 2.24) is 10.2 Å². The summed E-state index contributed by atoms with van der Waals surface area (Å²) >= 11 is 0. The molecule has 7 heteroatoms. The number of nitrogens with zero attached hydrogens (tertiary/aromatic N) is 2. The van der Waals surface area contributed by atoms with E-state index >= 15 is 0 Å². The predicted octanol–water partition coefficient (Wildman–Crippen LogP) is 2.40. The average molecular weight is 406 g/mol. The minimum Gasteiger partial charge on any atom is -0.382 e. The number of oxime groups is 1. The largest absolute Gasteiger partial charge is 0.382 e. The van der Waals surface area contributed by atoms with Gasteiger partial charge < -0.3 is 15.5 Å².